The Morgan fingerprint density at radius 2 is 0.600 bits per heavy atom. The minimum atomic E-state index is -3.13. The van der Waals surface area contributed by atoms with Crippen molar-refractivity contribution in [2.24, 2.45) is 0 Å². The number of para-hydroxylation sites is 2. The van der Waals surface area contributed by atoms with Gasteiger partial charge in [-0.2, -0.15) is 0 Å². The Morgan fingerprint density at radius 1 is 0.213 bits per heavy atom. The lowest BCUT2D eigenvalue weighted by Gasteiger charge is -2.36. The van der Waals surface area contributed by atoms with Crippen LogP contribution in [0.2, 0.25) is 0 Å². The van der Waals surface area contributed by atoms with Crippen LogP contribution in [-0.4, -0.2) is 17.2 Å². The third-order valence-electron chi connectivity index (χ3n) is 15.4. The van der Waals surface area contributed by atoms with Gasteiger partial charge in [-0.25, -0.2) is 0 Å². The van der Waals surface area contributed by atoms with E-state index in [0.29, 0.717) is 0 Å². The highest BCUT2D eigenvalue weighted by molar-refractivity contribution is 7.20. The maximum absolute atomic E-state index is 3.13. The quantitative estimate of drug-likeness (QED) is 0.0955. The molecule has 0 aliphatic carbocycles. The molecule has 0 radical (unpaired) electrons. The Labute approximate surface area is 438 Å². The first kappa shape index (κ1) is 44.2. The summed E-state index contributed by atoms with van der Waals surface area (Å²) < 4.78 is 5.01. The van der Waals surface area contributed by atoms with Crippen LogP contribution in [0.5, 0.6) is 0 Å². The lowest BCUT2D eigenvalue weighted by atomic mass is 9.95. The molecule has 2 nitrogen and oxygen atoms in total. The van der Waals surface area contributed by atoms with Crippen LogP contribution < -0.4 is 20.7 Å². The van der Waals surface area contributed by atoms with Crippen molar-refractivity contribution < 1.29 is 0 Å². The molecular formula is C72H50N2Si. The molecule has 2 heterocycles. The molecule has 0 atom stereocenters. The maximum atomic E-state index is 2.56. The van der Waals surface area contributed by atoms with E-state index in [-0.39, 0.29) is 0 Å². The Hall–Kier alpha value is -9.54. The summed E-state index contributed by atoms with van der Waals surface area (Å²) in [4.78, 5) is 0. The van der Waals surface area contributed by atoms with Gasteiger partial charge in [-0.05, 0) is 96.6 Å². The zero-order valence-electron chi connectivity index (χ0n) is 41.3. The van der Waals surface area contributed by atoms with Gasteiger partial charge in [0.15, 0.2) is 8.07 Å². The van der Waals surface area contributed by atoms with E-state index in [9.17, 15) is 0 Å². The van der Waals surface area contributed by atoms with E-state index >= 15 is 0 Å². The number of fused-ring (bicyclic) bond motifs is 6. The summed E-state index contributed by atoms with van der Waals surface area (Å²) in [7, 11) is -3.13. The zero-order valence-corrected chi connectivity index (χ0v) is 42.3. The highest BCUT2D eigenvalue weighted by atomic mass is 28.3. The molecule has 0 spiro atoms. The summed E-state index contributed by atoms with van der Waals surface area (Å²) in [5, 5.41) is 10.2. The van der Waals surface area contributed by atoms with Gasteiger partial charge in [-0.1, -0.05) is 261 Å². The number of nitrogens with zero attached hydrogens (tertiary/aromatic N) is 2. The summed E-state index contributed by atoms with van der Waals surface area (Å²) in [5.74, 6) is 0. The highest BCUT2D eigenvalue weighted by Crippen LogP contribution is 2.43. The molecular weight excluding hydrogens is 921 g/mol. The van der Waals surface area contributed by atoms with Crippen LogP contribution >= 0.6 is 0 Å². The molecule has 0 aliphatic rings. The van der Waals surface area contributed by atoms with Crippen LogP contribution in [0.15, 0.2) is 303 Å². The van der Waals surface area contributed by atoms with E-state index in [2.05, 4.69) is 312 Å². The second kappa shape index (κ2) is 18.5. The number of rotatable bonds is 10. The Bertz CT molecular complexity index is 4270. The number of hydrogen-bond donors (Lipinski definition) is 0. The van der Waals surface area contributed by atoms with Crippen molar-refractivity contribution >= 4 is 72.4 Å². The first-order valence-corrected chi connectivity index (χ1v) is 27.9. The molecule has 75 heavy (non-hydrogen) atoms. The summed E-state index contributed by atoms with van der Waals surface area (Å²) in [6.07, 6.45) is 0. The fourth-order valence-corrected chi connectivity index (χ4v) is 16.9. The molecule has 352 valence electrons. The summed E-state index contributed by atoms with van der Waals surface area (Å²) >= 11 is 0. The Morgan fingerprint density at radius 3 is 1.15 bits per heavy atom. The third kappa shape index (κ3) is 7.39. The first-order chi connectivity index (χ1) is 37.2. The molecule has 0 fully saturated rings. The van der Waals surface area contributed by atoms with E-state index in [4.69, 9.17) is 0 Å². The molecule has 12 aromatic carbocycles. The van der Waals surface area contributed by atoms with Crippen molar-refractivity contribution in [2.75, 3.05) is 0 Å². The van der Waals surface area contributed by atoms with Crippen molar-refractivity contribution in [3.63, 3.8) is 0 Å². The van der Waals surface area contributed by atoms with Crippen LogP contribution in [0.1, 0.15) is 0 Å². The van der Waals surface area contributed by atoms with Gasteiger partial charge in [-0.15, -0.1) is 0 Å². The number of hydrogen-bond acceptors (Lipinski definition) is 0. The maximum Gasteiger partial charge on any atom is 0.179 e. The molecule has 14 rings (SSSR count). The average molecular weight is 971 g/mol. The van der Waals surface area contributed by atoms with Crippen LogP contribution in [0.25, 0.3) is 99.5 Å². The van der Waals surface area contributed by atoms with Crippen molar-refractivity contribution in [1.82, 2.24) is 9.13 Å². The topological polar surface area (TPSA) is 9.86 Å². The molecule has 0 saturated carbocycles. The van der Waals surface area contributed by atoms with Gasteiger partial charge in [0.05, 0.1) is 27.8 Å². The molecule has 0 bridgehead atoms. The summed E-state index contributed by atoms with van der Waals surface area (Å²) in [6, 6.07) is 113. The standard InChI is InChI=1S/C72H50N2Si/c1-7-24-51(25-8-1)55-32-23-37-60(46-55)75(58-33-15-5-16-34-58,59-35-17-6-18-36-59)61-49-64(53-28-11-3-12-29-53)72(65(50-61)54-30-13-4-14-31-54)74-69-41-22-20-39-63(69)67-48-57(43-45-71(67)74)73-68-40-21-19-38-62(68)66-47-56(42-44-70(66)73)52-26-9-2-10-27-52/h1-50H. The fourth-order valence-electron chi connectivity index (χ4n) is 12.1. The van der Waals surface area contributed by atoms with Gasteiger partial charge in [0.2, 0.25) is 0 Å². The smallest absolute Gasteiger partial charge is 0.179 e. The van der Waals surface area contributed by atoms with Crippen molar-refractivity contribution in [1.29, 1.82) is 0 Å². The molecule has 2 aromatic heterocycles. The van der Waals surface area contributed by atoms with Crippen LogP contribution in [0, 0.1) is 0 Å². The van der Waals surface area contributed by atoms with E-state index < -0.39 is 8.07 Å². The van der Waals surface area contributed by atoms with E-state index in [1.54, 1.807) is 0 Å². The molecule has 3 heteroatoms. The normalized spacial score (nSPS) is 11.7. The monoisotopic (exact) mass is 970 g/mol. The van der Waals surface area contributed by atoms with E-state index in [0.717, 1.165) is 33.5 Å². The summed E-state index contributed by atoms with van der Waals surface area (Å²) in [6.45, 7) is 0. The molecule has 0 unspecified atom stereocenters. The van der Waals surface area contributed by atoms with Crippen LogP contribution in [0.4, 0.5) is 0 Å². The lowest BCUT2D eigenvalue weighted by Crippen LogP contribution is -2.74. The van der Waals surface area contributed by atoms with E-state index in [1.807, 2.05) is 0 Å². The first-order valence-electron chi connectivity index (χ1n) is 25.9. The number of benzene rings is 12. The fraction of sp³-hybridized carbons (Fsp3) is 0. The predicted octanol–water partition coefficient (Wildman–Crippen LogP) is 15.9. The van der Waals surface area contributed by atoms with Gasteiger partial charge in [-0.3, -0.25) is 0 Å². The Kier molecular flexibility index (Phi) is 10.9. The third-order valence-corrected chi connectivity index (χ3v) is 20.2. The van der Waals surface area contributed by atoms with Gasteiger partial charge in [0.1, 0.15) is 0 Å². The second-order valence-electron chi connectivity index (χ2n) is 19.6. The van der Waals surface area contributed by atoms with Gasteiger partial charge >= 0.3 is 0 Å². The van der Waals surface area contributed by atoms with Crippen molar-refractivity contribution in [3.05, 3.63) is 303 Å². The largest absolute Gasteiger partial charge is 0.309 e. The zero-order chi connectivity index (χ0) is 49.7. The average Bonchev–Trinajstić information content (AvgIpc) is 4.01. The van der Waals surface area contributed by atoms with Crippen molar-refractivity contribution in [2.45, 2.75) is 0 Å². The Balaban J connectivity index is 1.07. The number of aromatic nitrogens is 2. The van der Waals surface area contributed by atoms with Gasteiger partial charge < -0.3 is 9.13 Å². The minimum Gasteiger partial charge on any atom is -0.309 e. The molecule has 0 N–H and O–H groups in total. The summed E-state index contributed by atoms with van der Waals surface area (Å²) in [5.41, 5.74) is 16.5. The molecule has 0 saturated heterocycles. The van der Waals surface area contributed by atoms with Crippen LogP contribution in [-0.2, 0) is 0 Å². The highest BCUT2D eigenvalue weighted by Gasteiger charge is 2.43. The van der Waals surface area contributed by atoms with Crippen LogP contribution in [0.3, 0.4) is 0 Å². The molecule has 0 aliphatic heterocycles. The lowest BCUT2D eigenvalue weighted by molar-refractivity contribution is 1.17. The van der Waals surface area contributed by atoms with Gasteiger partial charge in [0, 0.05) is 38.4 Å². The predicted molar refractivity (Wildman–Crippen MR) is 320 cm³/mol. The molecule has 14 aromatic rings. The second-order valence-corrected chi connectivity index (χ2v) is 23.4. The van der Waals surface area contributed by atoms with Gasteiger partial charge in [0.25, 0.3) is 0 Å². The SMILES string of the molecule is c1ccc(-c2cccc([Si](c3ccccc3)(c3ccccc3)c3cc(-c4ccccc4)c(-n4c5ccccc5c5cc(-n6c7ccccc7c7cc(-c8ccccc8)ccc76)ccc54)c(-c4ccccc4)c3)c2)cc1. The minimum absolute atomic E-state index is 1.13. The van der Waals surface area contributed by atoms with E-state index in [1.165, 1.54) is 86.7 Å². The molecule has 0 amide bonds. The van der Waals surface area contributed by atoms with Crippen molar-refractivity contribution in [3.8, 4) is 55.9 Å².